The van der Waals surface area contributed by atoms with Crippen LogP contribution in [0.3, 0.4) is 0 Å². The first-order chi connectivity index (χ1) is 12.7. The molecule has 0 aliphatic carbocycles. The molecule has 0 saturated carbocycles. The van der Waals surface area contributed by atoms with Gasteiger partial charge >= 0.3 is 0 Å². The first-order valence-corrected chi connectivity index (χ1v) is 10.7. The van der Waals surface area contributed by atoms with Gasteiger partial charge in [-0.1, -0.05) is 35.9 Å². The monoisotopic (exact) mass is 404 g/mol. The van der Waals surface area contributed by atoms with Crippen molar-refractivity contribution in [2.45, 2.75) is 18.7 Å². The Morgan fingerprint density at radius 2 is 1.96 bits per heavy atom. The average Bonchev–Trinajstić information content (AvgIpc) is 3.15. The van der Waals surface area contributed by atoms with Crippen molar-refractivity contribution in [1.82, 2.24) is 4.31 Å². The van der Waals surface area contributed by atoms with E-state index in [9.17, 15) is 18.5 Å². The van der Waals surface area contributed by atoms with E-state index in [0.29, 0.717) is 11.1 Å². The standard InChI is InChI=1S/C19H20N2O4S2/c1-13(2)16-11-20(27(24,25)15-8-6-14(3)7-9-15)12-17(21(22)23)19(16)18-5-4-10-26-18/h4-10,16H,1,11-12H2,2-3H3/t16-/m0/s1. The zero-order valence-electron chi connectivity index (χ0n) is 15.1. The molecule has 1 aromatic heterocycles. The van der Waals surface area contributed by atoms with E-state index in [-0.39, 0.29) is 23.7 Å². The van der Waals surface area contributed by atoms with E-state index in [1.54, 1.807) is 19.1 Å². The Morgan fingerprint density at radius 1 is 1.30 bits per heavy atom. The predicted molar refractivity (Wildman–Crippen MR) is 106 cm³/mol. The van der Waals surface area contributed by atoms with Gasteiger partial charge in [0.1, 0.15) is 6.54 Å². The fourth-order valence-corrected chi connectivity index (χ4v) is 5.42. The number of thiophene rings is 1. The Morgan fingerprint density at radius 3 is 2.48 bits per heavy atom. The topological polar surface area (TPSA) is 80.5 Å². The third kappa shape index (κ3) is 3.73. The average molecular weight is 405 g/mol. The number of nitrogens with zero attached hydrogens (tertiary/aromatic N) is 2. The van der Waals surface area contributed by atoms with E-state index in [4.69, 9.17) is 0 Å². The molecule has 2 heterocycles. The third-order valence-electron chi connectivity index (χ3n) is 4.63. The highest BCUT2D eigenvalue weighted by Gasteiger charge is 2.40. The van der Waals surface area contributed by atoms with Crippen LogP contribution in [0.25, 0.3) is 5.57 Å². The molecular weight excluding hydrogens is 384 g/mol. The van der Waals surface area contributed by atoms with Crippen molar-refractivity contribution in [2.24, 2.45) is 5.92 Å². The van der Waals surface area contributed by atoms with Crippen molar-refractivity contribution in [3.05, 3.63) is 80.2 Å². The van der Waals surface area contributed by atoms with Crippen molar-refractivity contribution in [3.63, 3.8) is 0 Å². The van der Waals surface area contributed by atoms with Crippen molar-refractivity contribution in [1.29, 1.82) is 0 Å². The van der Waals surface area contributed by atoms with Gasteiger partial charge < -0.3 is 0 Å². The van der Waals surface area contributed by atoms with Gasteiger partial charge in [-0.05, 0) is 37.4 Å². The van der Waals surface area contributed by atoms with Gasteiger partial charge in [0, 0.05) is 17.3 Å². The molecule has 1 aromatic carbocycles. The predicted octanol–water partition coefficient (Wildman–Crippen LogP) is 3.94. The summed E-state index contributed by atoms with van der Waals surface area (Å²) in [6, 6.07) is 10.2. The Kier molecular flexibility index (Phi) is 5.32. The van der Waals surface area contributed by atoms with Crippen LogP contribution in [-0.2, 0) is 10.0 Å². The van der Waals surface area contributed by atoms with Gasteiger partial charge in [0.25, 0.3) is 5.70 Å². The molecule has 0 bridgehead atoms. The van der Waals surface area contributed by atoms with E-state index in [1.807, 2.05) is 24.4 Å². The lowest BCUT2D eigenvalue weighted by atomic mass is 9.87. The van der Waals surface area contributed by atoms with E-state index in [1.165, 1.54) is 27.8 Å². The molecule has 0 N–H and O–H groups in total. The maximum Gasteiger partial charge on any atom is 0.266 e. The third-order valence-corrected chi connectivity index (χ3v) is 7.36. The molecule has 1 aliphatic rings. The van der Waals surface area contributed by atoms with Crippen molar-refractivity contribution < 1.29 is 13.3 Å². The smallest absolute Gasteiger partial charge is 0.259 e. The van der Waals surface area contributed by atoms with E-state index in [0.717, 1.165) is 10.4 Å². The van der Waals surface area contributed by atoms with E-state index in [2.05, 4.69) is 6.58 Å². The quantitative estimate of drug-likeness (QED) is 0.429. The molecule has 1 atom stereocenters. The van der Waals surface area contributed by atoms with Gasteiger partial charge in [-0.3, -0.25) is 10.1 Å². The summed E-state index contributed by atoms with van der Waals surface area (Å²) in [5.41, 5.74) is 2.12. The number of rotatable bonds is 5. The SMILES string of the molecule is C=C(C)[C@@H]1CN(S(=O)(=O)c2ccc(C)cc2)CC([N+](=O)[O-])=C1c1cccs1. The number of nitro groups is 1. The number of aryl methyl sites for hydroxylation is 1. The van der Waals surface area contributed by atoms with Crippen molar-refractivity contribution in [2.75, 3.05) is 13.1 Å². The summed E-state index contributed by atoms with van der Waals surface area (Å²) in [5.74, 6) is -0.432. The highest BCUT2D eigenvalue weighted by atomic mass is 32.2. The molecule has 2 aromatic rings. The molecule has 27 heavy (non-hydrogen) atoms. The van der Waals surface area contributed by atoms with Crippen LogP contribution in [0.2, 0.25) is 0 Å². The van der Waals surface area contributed by atoms with E-state index >= 15 is 0 Å². The maximum absolute atomic E-state index is 13.1. The molecule has 3 rings (SSSR count). The van der Waals surface area contributed by atoms with Gasteiger partial charge in [-0.15, -0.1) is 11.3 Å². The minimum absolute atomic E-state index is 0.0904. The van der Waals surface area contributed by atoms with Gasteiger partial charge in [-0.2, -0.15) is 4.31 Å². The summed E-state index contributed by atoms with van der Waals surface area (Å²) < 4.78 is 27.4. The largest absolute Gasteiger partial charge is 0.266 e. The fraction of sp³-hybridized carbons (Fsp3) is 0.263. The zero-order valence-corrected chi connectivity index (χ0v) is 16.7. The molecule has 6 nitrogen and oxygen atoms in total. The molecule has 8 heteroatoms. The molecule has 1 aliphatic heterocycles. The highest BCUT2D eigenvalue weighted by molar-refractivity contribution is 7.89. The number of benzene rings is 1. The van der Waals surface area contributed by atoms with Gasteiger partial charge in [-0.25, -0.2) is 8.42 Å². The van der Waals surface area contributed by atoms with Crippen LogP contribution >= 0.6 is 11.3 Å². The van der Waals surface area contributed by atoms with Crippen molar-refractivity contribution in [3.8, 4) is 0 Å². The van der Waals surface area contributed by atoms with Crippen LogP contribution in [0.1, 0.15) is 17.4 Å². The van der Waals surface area contributed by atoms with Crippen LogP contribution in [0.5, 0.6) is 0 Å². The molecule has 0 radical (unpaired) electrons. The molecule has 0 saturated heterocycles. The van der Waals surface area contributed by atoms with Crippen LogP contribution in [0.15, 0.2) is 64.5 Å². The molecule has 0 spiro atoms. The van der Waals surface area contributed by atoms with Gasteiger partial charge in [0.2, 0.25) is 10.0 Å². The summed E-state index contributed by atoms with van der Waals surface area (Å²) in [5, 5.41) is 13.6. The molecule has 0 fully saturated rings. The van der Waals surface area contributed by atoms with Crippen LogP contribution in [0.4, 0.5) is 0 Å². The highest BCUT2D eigenvalue weighted by Crippen LogP contribution is 2.39. The number of sulfonamides is 1. The van der Waals surface area contributed by atoms with Gasteiger partial charge in [0.15, 0.2) is 0 Å². The normalized spacial score (nSPS) is 18.5. The minimum Gasteiger partial charge on any atom is -0.259 e. The molecule has 0 amide bonds. The molecule has 142 valence electrons. The summed E-state index contributed by atoms with van der Waals surface area (Å²) in [4.78, 5) is 12.2. The van der Waals surface area contributed by atoms with Crippen LogP contribution in [-0.4, -0.2) is 30.7 Å². The van der Waals surface area contributed by atoms with E-state index < -0.39 is 20.9 Å². The summed E-state index contributed by atoms with van der Waals surface area (Å²) >= 11 is 1.41. The lowest BCUT2D eigenvalue weighted by Crippen LogP contribution is -2.42. The van der Waals surface area contributed by atoms with Crippen LogP contribution in [0, 0.1) is 23.0 Å². The summed E-state index contributed by atoms with van der Waals surface area (Å²) in [6.45, 7) is 7.48. The van der Waals surface area contributed by atoms with Gasteiger partial charge in [0.05, 0.1) is 15.4 Å². The Hall–Kier alpha value is -2.29. The Labute approximate surface area is 162 Å². The van der Waals surface area contributed by atoms with Crippen molar-refractivity contribution >= 4 is 26.9 Å². The summed E-state index contributed by atoms with van der Waals surface area (Å²) in [7, 11) is -3.85. The second kappa shape index (κ2) is 7.38. The number of hydrogen-bond acceptors (Lipinski definition) is 5. The molecule has 0 unspecified atom stereocenters. The molecular formula is C19H20N2O4S2. The Balaban J connectivity index is 2.10. The fourth-order valence-electron chi connectivity index (χ4n) is 3.16. The lowest BCUT2D eigenvalue weighted by molar-refractivity contribution is -0.427. The Bertz CT molecular complexity index is 1010. The van der Waals surface area contributed by atoms with Crippen LogP contribution < -0.4 is 0 Å². The minimum atomic E-state index is -3.85. The number of hydrogen-bond donors (Lipinski definition) is 0. The lowest BCUT2D eigenvalue weighted by Gasteiger charge is -2.32. The first-order valence-electron chi connectivity index (χ1n) is 8.35. The second-order valence-corrected chi connectivity index (χ2v) is 9.49. The zero-order chi connectivity index (χ0) is 19.8. The first kappa shape index (κ1) is 19.5. The second-order valence-electron chi connectivity index (χ2n) is 6.60. The maximum atomic E-state index is 13.1. The summed E-state index contributed by atoms with van der Waals surface area (Å²) in [6.07, 6.45) is 0.